The lowest BCUT2D eigenvalue weighted by atomic mass is 10.1. The lowest BCUT2D eigenvalue weighted by Crippen LogP contribution is -2.42. The van der Waals surface area contributed by atoms with Crippen molar-refractivity contribution in [2.24, 2.45) is 0 Å². The molecule has 7 heteroatoms. The Kier molecular flexibility index (Phi) is 5.81. The molecule has 0 aliphatic heterocycles. The summed E-state index contributed by atoms with van der Waals surface area (Å²) in [6.07, 6.45) is -0.0247. The minimum atomic E-state index is -0.753. The van der Waals surface area contributed by atoms with E-state index < -0.39 is 17.6 Å². The van der Waals surface area contributed by atoms with Gasteiger partial charge in [-0.15, -0.1) is 11.3 Å². The number of halogens is 1. The molecule has 0 spiro atoms. The summed E-state index contributed by atoms with van der Waals surface area (Å²) in [5, 5.41) is 0. The van der Waals surface area contributed by atoms with Crippen molar-refractivity contribution in [2.45, 2.75) is 26.7 Å². The first-order valence-electron chi connectivity index (χ1n) is 7.32. The number of hydrazine groups is 1. The number of hydrogen-bond donors (Lipinski definition) is 2. The number of thiophene rings is 1. The van der Waals surface area contributed by atoms with E-state index in [1.165, 1.54) is 29.5 Å². The summed E-state index contributed by atoms with van der Waals surface area (Å²) in [6, 6.07) is 7.25. The molecule has 24 heavy (non-hydrogen) atoms. The third-order valence-electron chi connectivity index (χ3n) is 3.35. The van der Waals surface area contributed by atoms with Crippen LogP contribution < -0.4 is 10.9 Å². The number of carbonyl (C=O) groups is 3. The van der Waals surface area contributed by atoms with E-state index in [9.17, 15) is 18.8 Å². The second-order valence-electron chi connectivity index (χ2n) is 5.23. The minimum Gasteiger partial charge on any atom is -0.294 e. The van der Waals surface area contributed by atoms with Crippen LogP contribution in [0.25, 0.3) is 0 Å². The monoisotopic (exact) mass is 348 g/mol. The summed E-state index contributed by atoms with van der Waals surface area (Å²) in [7, 11) is 0. The van der Waals surface area contributed by atoms with Crippen molar-refractivity contribution < 1.29 is 18.8 Å². The first-order valence-corrected chi connectivity index (χ1v) is 8.14. The van der Waals surface area contributed by atoms with Crippen LogP contribution in [-0.4, -0.2) is 17.6 Å². The topological polar surface area (TPSA) is 75.3 Å². The molecule has 1 aromatic carbocycles. The van der Waals surface area contributed by atoms with Crippen LogP contribution in [0.2, 0.25) is 0 Å². The molecule has 1 heterocycles. The highest BCUT2D eigenvalue weighted by molar-refractivity contribution is 7.12. The summed E-state index contributed by atoms with van der Waals surface area (Å²) in [4.78, 5) is 37.5. The van der Waals surface area contributed by atoms with Crippen LogP contribution in [0.5, 0.6) is 0 Å². The van der Waals surface area contributed by atoms with Gasteiger partial charge in [0.1, 0.15) is 5.82 Å². The van der Waals surface area contributed by atoms with Gasteiger partial charge in [0.2, 0.25) is 5.91 Å². The van der Waals surface area contributed by atoms with Crippen molar-refractivity contribution in [1.29, 1.82) is 0 Å². The molecule has 2 N–H and O–H groups in total. The van der Waals surface area contributed by atoms with E-state index in [0.29, 0.717) is 5.56 Å². The Hall–Kier alpha value is -2.54. The predicted molar refractivity (Wildman–Crippen MR) is 89.4 cm³/mol. The molecule has 0 bridgehead atoms. The minimum absolute atomic E-state index is 0.0401. The number of benzene rings is 1. The van der Waals surface area contributed by atoms with Crippen molar-refractivity contribution in [3.63, 3.8) is 0 Å². The Morgan fingerprint density at radius 2 is 1.75 bits per heavy atom. The third kappa shape index (κ3) is 4.48. The highest BCUT2D eigenvalue weighted by atomic mass is 32.1. The lowest BCUT2D eigenvalue weighted by Gasteiger charge is -2.07. The Bertz CT molecular complexity index is 786. The smallest absolute Gasteiger partial charge is 0.272 e. The number of rotatable bonds is 5. The van der Waals surface area contributed by atoms with Gasteiger partial charge in [0.25, 0.3) is 5.91 Å². The Morgan fingerprint density at radius 3 is 2.38 bits per heavy atom. The number of Topliss-reactive ketones (excluding diaryl/α,β-unsaturated/α-hetero) is 1. The number of aryl methyl sites for hydroxylation is 2. The van der Waals surface area contributed by atoms with E-state index in [1.54, 1.807) is 6.07 Å². The summed E-state index contributed by atoms with van der Waals surface area (Å²) in [6.45, 7) is 3.78. The number of nitrogens with one attached hydrogen (secondary N) is 2. The summed E-state index contributed by atoms with van der Waals surface area (Å²) in [5.41, 5.74) is 4.77. The zero-order chi connectivity index (χ0) is 17.7. The Balaban J connectivity index is 1.81. The summed E-state index contributed by atoms with van der Waals surface area (Å²) < 4.78 is 13.4. The van der Waals surface area contributed by atoms with Crippen LogP contribution in [-0.2, 0) is 4.79 Å². The molecular weight excluding hydrogens is 331 g/mol. The van der Waals surface area contributed by atoms with Gasteiger partial charge in [-0.2, -0.15) is 0 Å². The molecule has 0 radical (unpaired) electrons. The SMILES string of the molecule is Cc1cc(C(=O)CCC(=O)NNC(=O)c2ccccc2F)c(C)s1. The van der Waals surface area contributed by atoms with Gasteiger partial charge in [-0.1, -0.05) is 12.1 Å². The number of carbonyl (C=O) groups excluding carboxylic acids is 3. The van der Waals surface area contributed by atoms with E-state index in [1.807, 2.05) is 13.8 Å². The van der Waals surface area contributed by atoms with Gasteiger partial charge in [-0.3, -0.25) is 25.2 Å². The molecule has 0 saturated carbocycles. The molecule has 1 aromatic heterocycles. The molecule has 0 fully saturated rings. The standard InChI is InChI=1S/C17H17FN2O3S/c1-10-9-13(11(2)24-10)15(21)7-8-16(22)19-20-17(23)12-5-3-4-6-14(12)18/h3-6,9H,7-8H2,1-2H3,(H,19,22)(H,20,23). The first kappa shape index (κ1) is 17.8. The number of amides is 2. The molecule has 2 amide bonds. The molecular formula is C17H17FN2O3S. The quantitative estimate of drug-likeness (QED) is 0.644. The lowest BCUT2D eigenvalue weighted by molar-refractivity contribution is -0.121. The highest BCUT2D eigenvalue weighted by Crippen LogP contribution is 2.22. The van der Waals surface area contributed by atoms with Crippen LogP contribution in [0.4, 0.5) is 4.39 Å². The average molecular weight is 348 g/mol. The zero-order valence-electron chi connectivity index (χ0n) is 13.3. The molecule has 5 nitrogen and oxygen atoms in total. The van der Waals surface area contributed by atoms with Gasteiger partial charge in [-0.25, -0.2) is 4.39 Å². The molecule has 0 atom stereocenters. The molecule has 0 unspecified atom stereocenters. The van der Waals surface area contributed by atoms with Crippen LogP contribution in [0, 0.1) is 19.7 Å². The van der Waals surface area contributed by atoms with Crippen molar-refractivity contribution in [1.82, 2.24) is 10.9 Å². The third-order valence-corrected chi connectivity index (χ3v) is 4.32. The van der Waals surface area contributed by atoms with Crippen LogP contribution in [0.15, 0.2) is 30.3 Å². The maximum absolute atomic E-state index is 13.4. The van der Waals surface area contributed by atoms with Gasteiger partial charge in [0.15, 0.2) is 5.78 Å². The summed E-state index contributed by atoms with van der Waals surface area (Å²) in [5.74, 6) is -2.06. The molecule has 0 saturated heterocycles. The van der Waals surface area contributed by atoms with Crippen molar-refractivity contribution in [3.8, 4) is 0 Å². The van der Waals surface area contributed by atoms with E-state index in [-0.39, 0.29) is 24.2 Å². The maximum atomic E-state index is 13.4. The average Bonchev–Trinajstić information content (AvgIpc) is 2.89. The largest absolute Gasteiger partial charge is 0.294 e. The fourth-order valence-electron chi connectivity index (χ4n) is 2.17. The van der Waals surface area contributed by atoms with Gasteiger partial charge in [0.05, 0.1) is 5.56 Å². The molecule has 0 aliphatic rings. The highest BCUT2D eigenvalue weighted by Gasteiger charge is 2.15. The van der Waals surface area contributed by atoms with Crippen molar-refractivity contribution >= 4 is 28.9 Å². The molecule has 0 aliphatic carbocycles. The fourth-order valence-corrected chi connectivity index (χ4v) is 3.11. The maximum Gasteiger partial charge on any atom is 0.272 e. The van der Waals surface area contributed by atoms with E-state index in [4.69, 9.17) is 0 Å². The molecule has 2 rings (SSSR count). The second-order valence-corrected chi connectivity index (χ2v) is 6.69. The zero-order valence-corrected chi connectivity index (χ0v) is 14.1. The molecule has 2 aromatic rings. The van der Waals surface area contributed by atoms with Gasteiger partial charge < -0.3 is 0 Å². The van der Waals surface area contributed by atoms with Crippen molar-refractivity contribution in [2.75, 3.05) is 0 Å². The van der Waals surface area contributed by atoms with Crippen LogP contribution in [0.3, 0.4) is 0 Å². The second kappa shape index (κ2) is 7.83. The fraction of sp³-hybridized carbons (Fsp3) is 0.235. The number of hydrogen-bond acceptors (Lipinski definition) is 4. The van der Waals surface area contributed by atoms with Crippen LogP contribution >= 0.6 is 11.3 Å². The van der Waals surface area contributed by atoms with Crippen molar-refractivity contribution in [3.05, 3.63) is 57.0 Å². The molecule has 126 valence electrons. The van der Waals surface area contributed by atoms with Crippen LogP contribution in [0.1, 0.15) is 43.3 Å². The Labute approximate surface area is 142 Å². The van der Waals surface area contributed by atoms with E-state index in [0.717, 1.165) is 15.8 Å². The normalized spacial score (nSPS) is 10.3. The number of ketones is 1. The predicted octanol–water partition coefficient (Wildman–Crippen LogP) is 2.93. The van der Waals surface area contributed by atoms with E-state index in [2.05, 4.69) is 10.9 Å². The van der Waals surface area contributed by atoms with Gasteiger partial charge in [-0.05, 0) is 32.0 Å². The van der Waals surface area contributed by atoms with Gasteiger partial charge >= 0.3 is 0 Å². The van der Waals surface area contributed by atoms with Gasteiger partial charge in [0, 0.05) is 28.2 Å². The summed E-state index contributed by atoms with van der Waals surface area (Å²) >= 11 is 1.53. The van der Waals surface area contributed by atoms with E-state index >= 15 is 0 Å². The Morgan fingerprint density at radius 1 is 1.04 bits per heavy atom. The first-order chi connectivity index (χ1) is 11.4.